The van der Waals surface area contributed by atoms with Crippen molar-refractivity contribution >= 4 is 33.6 Å². The van der Waals surface area contributed by atoms with Crippen molar-refractivity contribution in [2.24, 2.45) is 11.8 Å². The van der Waals surface area contributed by atoms with Crippen molar-refractivity contribution in [3.8, 4) is 0 Å². The molecule has 0 spiro atoms. The van der Waals surface area contributed by atoms with E-state index in [1.165, 1.54) is 31.5 Å². The molecule has 8 aromatic rings. The number of hydrogen-bond donors (Lipinski definition) is 2. The van der Waals surface area contributed by atoms with Gasteiger partial charge in [-0.25, -0.2) is 29.3 Å². The van der Waals surface area contributed by atoms with E-state index >= 15 is 0 Å². The highest BCUT2D eigenvalue weighted by molar-refractivity contribution is 5.75. The summed E-state index contributed by atoms with van der Waals surface area (Å²) in [4.78, 5) is 24.4. The first-order valence-corrected chi connectivity index (χ1v) is 19.8. The second kappa shape index (κ2) is 12.5. The third kappa shape index (κ3) is 5.23. The Kier molecular flexibility index (Phi) is 7.40. The zero-order valence-corrected chi connectivity index (χ0v) is 30.6. The molecule has 8 heterocycles. The summed E-state index contributed by atoms with van der Waals surface area (Å²) >= 11 is 0. The number of aromatic nitrogens is 16. The molecule has 0 saturated heterocycles. The minimum absolute atomic E-state index is 0.365. The van der Waals surface area contributed by atoms with E-state index < -0.39 is 0 Å². The summed E-state index contributed by atoms with van der Waals surface area (Å²) in [5.74, 6) is 7.40. The van der Waals surface area contributed by atoms with E-state index in [2.05, 4.69) is 99.5 Å². The Balaban J connectivity index is 0.000000126. The molecule has 16 heteroatoms. The van der Waals surface area contributed by atoms with Gasteiger partial charge in [-0.05, 0) is 75.3 Å². The summed E-state index contributed by atoms with van der Waals surface area (Å²) in [5.41, 5.74) is 5.46. The van der Waals surface area contributed by atoms with Gasteiger partial charge in [0, 0.05) is 36.1 Å². The van der Waals surface area contributed by atoms with Gasteiger partial charge in [-0.1, -0.05) is 26.7 Å². The Bertz CT molecular complexity index is 2590. The van der Waals surface area contributed by atoms with E-state index in [0.717, 1.165) is 89.6 Å². The van der Waals surface area contributed by atoms with Crippen LogP contribution in [0, 0.1) is 11.8 Å². The fourth-order valence-corrected chi connectivity index (χ4v) is 9.58. The van der Waals surface area contributed by atoms with Gasteiger partial charge < -0.3 is 9.97 Å². The number of aromatic amines is 2. The van der Waals surface area contributed by atoms with Crippen molar-refractivity contribution in [3.05, 3.63) is 72.9 Å². The molecule has 0 unspecified atom stereocenters. The molecule has 2 N–H and O–H groups in total. The molecule has 12 rings (SSSR count). The van der Waals surface area contributed by atoms with Gasteiger partial charge in [0.25, 0.3) is 0 Å². The Morgan fingerprint density at radius 2 is 1.24 bits per heavy atom. The first-order chi connectivity index (χ1) is 26.6. The van der Waals surface area contributed by atoms with Crippen molar-refractivity contribution in [2.75, 3.05) is 0 Å². The predicted octanol–water partition coefficient (Wildman–Crippen LogP) is 6.44. The summed E-state index contributed by atoms with van der Waals surface area (Å²) in [5, 5.41) is 27.4. The largest absolute Gasteiger partial charge is 0.345 e. The zero-order chi connectivity index (χ0) is 35.9. The normalized spacial score (nSPS) is 25.7. The molecule has 0 radical (unpaired) electrons. The van der Waals surface area contributed by atoms with Gasteiger partial charge in [0.05, 0.1) is 35.5 Å². The number of nitrogens with zero attached hydrogens (tertiary/aromatic N) is 14. The van der Waals surface area contributed by atoms with E-state index in [9.17, 15) is 0 Å². The van der Waals surface area contributed by atoms with Crippen LogP contribution in [0.2, 0.25) is 0 Å². The lowest BCUT2D eigenvalue weighted by Gasteiger charge is -2.15. The molecular weight excluding hydrogens is 681 g/mol. The number of H-pyrrole nitrogens is 2. The second-order valence-electron chi connectivity index (χ2n) is 15.9. The van der Waals surface area contributed by atoms with E-state index in [-0.39, 0.29) is 0 Å². The van der Waals surface area contributed by atoms with E-state index in [4.69, 9.17) is 5.10 Å². The highest BCUT2D eigenvalue weighted by atomic mass is 15.4. The molecule has 4 fully saturated rings. The molecule has 0 bridgehead atoms. The van der Waals surface area contributed by atoms with Crippen LogP contribution >= 0.6 is 0 Å². The van der Waals surface area contributed by atoms with Crippen LogP contribution in [0.25, 0.3) is 33.6 Å². The Labute approximate surface area is 310 Å². The fraction of sp³-hybridized carbons (Fsp3) is 0.526. The maximum atomic E-state index is 4.79. The molecule has 54 heavy (non-hydrogen) atoms. The van der Waals surface area contributed by atoms with Crippen molar-refractivity contribution in [3.63, 3.8) is 0 Å². The van der Waals surface area contributed by atoms with Crippen LogP contribution in [0.15, 0.2) is 49.6 Å². The molecule has 8 aromatic heterocycles. The Morgan fingerprint density at radius 3 is 1.83 bits per heavy atom. The highest BCUT2D eigenvalue weighted by Gasteiger charge is 2.41. The monoisotopic (exact) mass is 724 g/mol. The van der Waals surface area contributed by atoms with Crippen molar-refractivity contribution in [1.29, 1.82) is 0 Å². The molecule has 276 valence electrons. The molecular formula is C38H44N16. The standard InChI is InChI=1S/2C19H22N8/c1-2-11-7-13(27-18(12-3-4-12)22-10-23-27)8-14(11)19-25-24-16-9-21-17-15(26(16)19)5-6-20-17;1-2-11-7-13(26-10-22-17(25-26)12-3-4-12)8-14(11)19-24-23-16-9-21-18-15(27(16)19)5-6-20-18/h2*5-6,9-14,20H,2-4,7-8H2,1H3/t2*11-,13+,14+/m11/s1. The van der Waals surface area contributed by atoms with Crippen LogP contribution in [-0.2, 0) is 0 Å². The highest BCUT2D eigenvalue weighted by Crippen LogP contribution is 2.49. The SMILES string of the molecule is CC[C@@H]1C[C@H](n2cnc(C3CC3)n2)C[C@@H]1c1nnc2cnc3[nH]ccc3n12.CC[C@@H]1C[C@H](n2ncnc2C2CC2)C[C@@H]1c1nnc2cnc3[nH]ccc3n12. The number of hydrogen-bond acceptors (Lipinski definition) is 10. The summed E-state index contributed by atoms with van der Waals surface area (Å²) in [6.45, 7) is 4.55. The van der Waals surface area contributed by atoms with E-state index in [1.807, 2.05) is 18.7 Å². The lowest BCUT2D eigenvalue weighted by molar-refractivity contribution is 0.418. The number of nitrogens with one attached hydrogen (secondary N) is 2. The van der Waals surface area contributed by atoms with Crippen LogP contribution in [0.4, 0.5) is 0 Å². The average molecular weight is 725 g/mol. The summed E-state index contributed by atoms with van der Waals surface area (Å²) in [7, 11) is 0. The molecule has 0 aromatic carbocycles. The molecule has 4 aliphatic rings. The van der Waals surface area contributed by atoms with Gasteiger partial charge in [-0.2, -0.15) is 10.2 Å². The van der Waals surface area contributed by atoms with Gasteiger partial charge in [0.1, 0.15) is 30.1 Å². The van der Waals surface area contributed by atoms with Crippen LogP contribution in [0.3, 0.4) is 0 Å². The lowest BCUT2D eigenvalue weighted by Crippen LogP contribution is -2.11. The molecule has 0 aliphatic heterocycles. The smallest absolute Gasteiger partial charge is 0.179 e. The van der Waals surface area contributed by atoms with Gasteiger partial charge in [-0.3, -0.25) is 8.80 Å². The minimum atomic E-state index is 0.365. The van der Waals surface area contributed by atoms with Gasteiger partial charge >= 0.3 is 0 Å². The maximum absolute atomic E-state index is 4.79. The first-order valence-electron chi connectivity index (χ1n) is 19.8. The number of rotatable bonds is 8. The molecule has 0 amide bonds. The topological polar surface area (TPSA) is 179 Å². The zero-order valence-electron chi connectivity index (χ0n) is 30.6. The minimum Gasteiger partial charge on any atom is -0.345 e. The van der Waals surface area contributed by atoms with Gasteiger partial charge in [0.15, 0.2) is 28.4 Å². The van der Waals surface area contributed by atoms with Crippen molar-refractivity contribution < 1.29 is 0 Å². The van der Waals surface area contributed by atoms with Crippen molar-refractivity contribution in [1.82, 2.24) is 78.7 Å². The third-order valence-corrected chi connectivity index (χ3v) is 12.7. The second-order valence-corrected chi connectivity index (χ2v) is 15.9. The van der Waals surface area contributed by atoms with Gasteiger partial charge in [0.2, 0.25) is 0 Å². The average Bonchev–Trinajstić information content (AvgIpc) is 3.74. The third-order valence-electron chi connectivity index (χ3n) is 12.7. The number of fused-ring (bicyclic) bond motifs is 6. The molecule has 4 aliphatic carbocycles. The van der Waals surface area contributed by atoms with E-state index in [0.29, 0.717) is 47.6 Å². The first kappa shape index (κ1) is 31.9. The summed E-state index contributed by atoms with van der Waals surface area (Å²) < 4.78 is 8.66. The summed E-state index contributed by atoms with van der Waals surface area (Å²) in [6, 6.07) is 4.89. The Hall–Kier alpha value is -5.54. The van der Waals surface area contributed by atoms with Crippen LogP contribution in [-0.4, -0.2) is 78.7 Å². The maximum Gasteiger partial charge on any atom is 0.179 e. The summed E-state index contributed by atoms with van der Waals surface area (Å²) in [6.07, 6.45) is 22.6. The van der Waals surface area contributed by atoms with Crippen molar-refractivity contribution in [2.45, 2.75) is 114 Å². The van der Waals surface area contributed by atoms with Crippen LogP contribution in [0.5, 0.6) is 0 Å². The lowest BCUT2D eigenvalue weighted by atomic mass is 9.93. The Morgan fingerprint density at radius 1 is 0.648 bits per heavy atom. The van der Waals surface area contributed by atoms with Gasteiger partial charge in [-0.15, -0.1) is 20.4 Å². The fourth-order valence-electron chi connectivity index (χ4n) is 9.58. The predicted molar refractivity (Wildman–Crippen MR) is 199 cm³/mol. The van der Waals surface area contributed by atoms with Crippen LogP contribution in [0.1, 0.15) is 137 Å². The molecule has 6 atom stereocenters. The quantitative estimate of drug-likeness (QED) is 0.177. The molecule has 16 nitrogen and oxygen atoms in total. The van der Waals surface area contributed by atoms with E-state index in [1.54, 1.807) is 18.7 Å². The van der Waals surface area contributed by atoms with Crippen LogP contribution < -0.4 is 0 Å². The molecule has 4 saturated carbocycles.